The van der Waals surface area contributed by atoms with Crippen LogP contribution in [0.15, 0.2) is 59.1 Å². The molecule has 1 fully saturated rings. The van der Waals surface area contributed by atoms with Crippen LogP contribution in [-0.4, -0.2) is 32.7 Å². The highest BCUT2D eigenvalue weighted by Crippen LogP contribution is 2.57. The molecule has 2 aromatic heterocycles. The largest absolute Gasteiger partial charge is 0.334 e. The van der Waals surface area contributed by atoms with Crippen molar-refractivity contribution in [2.75, 3.05) is 13.1 Å². The lowest BCUT2D eigenvalue weighted by molar-refractivity contribution is 0.0271. The highest BCUT2D eigenvalue weighted by Gasteiger charge is 2.50. The molecule has 0 bridgehead atoms. The predicted molar refractivity (Wildman–Crippen MR) is 125 cm³/mol. The van der Waals surface area contributed by atoms with Gasteiger partial charge in [0.2, 0.25) is 5.82 Å². The normalized spacial score (nSPS) is 24.1. The number of halogens is 1. The highest BCUT2D eigenvalue weighted by molar-refractivity contribution is 5.91. The van der Waals surface area contributed by atoms with Crippen molar-refractivity contribution < 1.29 is 8.91 Å². The summed E-state index contributed by atoms with van der Waals surface area (Å²) >= 11 is 0. The van der Waals surface area contributed by atoms with Crippen molar-refractivity contribution in [1.29, 1.82) is 0 Å². The number of fused-ring (bicyclic) bond motifs is 3. The zero-order valence-corrected chi connectivity index (χ0v) is 18.6. The van der Waals surface area contributed by atoms with Crippen LogP contribution >= 0.6 is 0 Å². The second-order valence-electron chi connectivity index (χ2n) is 9.55. The molecule has 0 aliphatic carbocycles. The quantitative estimate of drug-likeness (QED) is 0.403. The third-order valence-electron chi connectivity index (χ3n) is 8.00. The zero-order valence-electron chi connectivity index (χ0n) is 18.6. The molecule has 3 aliphatic heterocycles. The van der Waals surface area contributed by atoms with Crippen molar-refractivity contribution >= 4 is 16.6 Å². The summed E-state index contributed by atoms with van der Waals surface area (Å²) in [5.41, 5.74) is 5.88. The van der Waals surface area contributed by atoms with E-state index in [1.54, 1.807) is 12.1 Å². The van der Waals surface area contributed by atoms with Gasteiger partial charge in [-0.3, -0.25) is 4.90 Å². The van der Waals surface area contributed by atoms with E-state index in [2.05, 4.69) is 51.9 Å². The fourth-order valence-electron chi connectivity index (χ4n) is 6.48. The Hall–Kier alpha value is -3.25. The molecule has 2 atom stereocenters. The Labute approximate surface area is 191 Å². The maximum absolute atomic E-state index is 13.4. The number of nitrogens with zero attached hydrogens (tertiary/aromatic N) is 4. The van der Waals surface area contributed by atoms with Crippen molar-refractivity contribution in [3.63, 3.8) is 0 Å². The Bertz CT molecular complexity index is 1420. The SMILES string of the molecule is CC[C@@]12C=C(c3noc(-c4ccc(F)cc4)n3)n3c4c(c5ccccc53)CCN(CCC1)[C@H]42. The summed E-state index contributed by atoms with van der Waals surface area (Å²) in [5.74, 6) is 0.720. The van der Waals surface area contributed by atoms with E-state index in [9.17, 15) is 4.39 Å². The molecule has 3 aliphatic rings. The summed E-state index contributed by atoms with van der Waals surface area (Å²) in [7, 11) is 0. The molecule has 2 aromatic carbocycles. The van der Waals surface area contributed by atoms with E-state index in [-0.39, 0.29) is 11.2 Å². The first kappa shape index (κ1) is 19.2. The Morgan fingerprint density at radius 1 is 1.12 bits per heavy atom. The number of benzene rings is 2. The standard InChI is InChI=1S/C27H25FN4O/c1-2-27-13-5-14-31-15-12-20-19-6-3-4-7-21(19)32(23(20)24(27)31)22(16-27)25-29-26(33-30-25)17-8-10-18(28)11-9-17/h3-4,6-11,16,24H,2,5,12-15H2,1H3/t24-,27+/m1/s1. The first-order valence-electron chi connectivity index (χ1n) is 11.9. The third kappa shape index (κ3) is 2.61. The number of hydrogen-bond acceptors (Lipinski definition) is 4. The first-order valence-corrected chi connectivity index (χ1v) is 11.9. The van der Waals surface area contributed by atoms with Gasteiger partial charge in [-0.1, -0.05) is 30.3 Å². The van der Waals surface area contributed by atoms with Crippen LogP contribution in [-0.2, 0) is 6.42 Å². The summed E-state index contributed by atoms with van der Waals surface area (Å²) in [4.78, 5) is 7.48. The van der Waals surface area contributed by atoms with E-state index in [0.717, 1.165) is 43.6 Å². The lowest BCUT2D eigenvalue weighted by Crippen LogP contribution is -2.50. The van der Waals surface area contributed by atoms with Gasteiger partial charge in [0.05, 0.1) is 17.3 Å². The molecule has 166 valence electrons. The van der Waals surface area contributed by atoms with E-state index in [4.69, 9.17) is 9.51 Å². The summed E-state index contributed by atoms with van der Waals surface area (Å²) in [6.45, 7) is 4.59. The molecule has 0 saturated carbocycles. The Kier molecular flexibility index (Phi) is 4.01. The summed E-state index contributed by atoms with van der Waals surface area (Å²) in [6.07, 6.45) is 6.94. The van der Waals surface area contributed by atoms with E-state index in [1.807, 2.05) is 0 Å². The molecule has 7 rings (SSSR count). The third-order valence-corrected chi connectivity index (χ3v) is 8.00. The Morgan fingerprint density at radius 2 is 1.97 bits per heavy atom. The monoisotopic (exact) mass is 440 g/mol. The second-order valence-corrected chi connectivity index (χ2v) is 9.55. The van der Waals surface area contributed by atoms with Crippen LogP contribution in [0.3, 0.4) is 0 Å². The van der Waals surface area contributed by atoms with Crippen molar-refractivity contribution in [1.82, 2.24) is 19.6 Å². The molecule has 5 heterocycles. The topological polar surface area (TPSA) is 47.1 Å². The van der Waals surface area contributed by atoms with Gasteiger partial charge in [0.1, 0.15) is 5.82 Å². The van der Waals surface area contributed by atoms with Gasteiger partial charge in [-0.05, 0) is 74.2 Å². The van der Waals surface area contributed by atoms with Crippen LogP contribution in [0, 0.1) is 11.2 Å². The lowest BCUT2D eigenvalue weighted by Gasteiger charge is -2.53. The van der Waals surface area contributed by atoms with Crippen LogP contribution in [0.4, 0.5) is 4.39 Å². The molecule has 0 N–H and O–H groups in total. The average Bonchev–Trinajstić information content (AvgIpc) is 3.47. The van der Waals surface area contributed by atoms with E-state index in [0.29, 0.717) is 17.8 Å². The van der Waals surface area contributed by atoms with Crippen LogP contribution < -0.4 is 0 Å². The minimum atomic E-state index is -0.281. The summed E-state index contributed by atoms with van der Waals surface area (Å²) in [5, 5.41) is 5.74. The van der Waals surface area contributed by atoms with Gasteiger partial charge in [-0.15, -0.1) is 0 Å². The van der Waals surface area contributed by atoms with Crippen LogP contribution in [0.1, 0.15) is 49.3 Å². The summed E-state index contributed by atoms with van der Waals surface area (Å²) in [6, 6.07) is 15.3. The molecule has 4 aromatic rings. The molecule has 33 heavy (non-hydrogen) atoms. The number of rotatable bonds is 3. The second kappa shape index (κ2) is 6.87. The van der Waals surface area contributed by atoms with Gasteiger partial charge in [-0.2, -0.15) is 4.98 Å². The van der Waals surface area contributed by atoms with Gasteiger partial charge in [0.25, 0.3) is 5.89 Å². The van der Waals surface area contributed by atoms with Crippen molar-refractivity contribution in [3.05, 3.63) is 77.5 Å². The smallest absolute Gasteiger partial charge is 0.258 e. The number of aromatic nitrogens is 3. The molecule has 0 unspecified atom stereocenters. The van der Waals surface area contributed by atoms with Crippen molar-refractivity contribution in [2.24, 2.45) is 5.41 Å². The maximum Gasteiger partial charge on any atom is 0.258 e. The molecular formula is C27H25FN4O. The zero-order chi connectivity index (χ0) is 22.2. The fourth-order valence-corrected chi connectivity index (χ4v) is 6.48. The van der Waals surface area contributed by atoms with E-state index >= 15 is 0 Å². The van der Waals surface area contributed by atoms with Gasteiger partial charge < -0.3 is 9.09 Å². The van der Waals surface area contributed by atoms with Gasteiger partial charge >= 0.3 is 0 Å². The van der Waals surface area contributed by atoms with Crippen molar-refractivity contribution in [3.8, 4) is 11.5 Å². The van der Waals surface area contributed by atoms with Crippen molar-refractivity contribution in [2.45, 2.75) is 38.6 Å². The minimum absolute atomic E-state index is 0.0593. The number of piperidine rings is 1. The van der Waals surface area contributed by atoms with E-state index < -0.39 is 0 Å². The predicted octanol–water partition coefficient (Wildman–Crippen LogP) is 5.82. The maximum atomic E-state index is 13.4. The van der Waals surface area contributed by atoms with Gasteiger partial charge in [-0.25, -0.2) is 4.39 Å². The van der Waals surface area contributed by atoms with Crippen LogP contribution in [0.5, 0.6) is 0 Å². The highest BCUT2D eigenvalue weighted by atomic mass is 19.1. The molecule has 0 amide bonds. The van der Waals surface area contributed by atoms with Gasteiger partial charge in [0.15, 0.2) is 0 Å². The molecule has 6 heteroatoms. The molecule has 0 radical (unpaired) electrons. The van der Waals surface area contributed by atoms with Crippen LogP contribution in [0.2, 0.25) is 0 Å². The first-order chi connectivity index (χ1) is 16.2. The van der Waals surface area contributed by atoms with Crippen LogP contribution in [0.25, 0.3) is 28.1 Å². The van der Waals surface area contributed by atoms with E-state index in [1.165, 1.54) is 40.7 Å². The molecular weight excluding hydrogens is 415 g/mol. The molecule has 1 saturated heterocycles. The minimum Gasteiger partial charge on any atom is -0.334 e. The molecule has 0 spiro atoms. The average molecular weight is 441 g/mol. The Morgan fingerprint density at radius 3 is 2.82 bits per heavy atom. The Balaban J connectivity index is 1.47. The lowest BCUT2D eigenvalue weighted by atomic mass is 9.66. The number of hydrogen-bond donors (Lipinski definition) is 0. The summed E-state index contributed by atoms with van der Waals surface area (Å²) < 4.78 is 21.5. The van der Waals surface area contributed by atoms with Gasteiger partial charge in [0, 0.05) is 28.6 Å². The molecule has 5 nitrogen and oxygen atoms in total. The fraction of sp³-hybridized carbons (Fsp3) is 0.333. The number of para-hydroxylation sites is 1.